The average Bonchev–Trinajstić information content (AvgIpc) is 2.52. The van der Waals surface area contributed by atoms with E-state index in [-0.39, 0.29) is 5.91 Å². The minimum atomic E-state index is -0.125. The molecule has 0 bridgehead atoms. The fraction of sp³-hybridized carbons (Fsp3) is 0.316. The third-order valence-electron chi connectivity index (χ3n) is 3.59. The van der Waals surface area contributed by atoms with Crippen LogP contribution in [0.5, 0.6) is 5.75 Å². The van der Waals surface area contributed by atoms with Crippen LogP contribution < -0.4 is 10.1 Å². The zero-order valence-corrected chi connectivity index (χ0v) is 15.4. The van der Waals surface area contributed by atoms with Gasteiger partial charge in [-0.2, -0.15) is 0 Å². The normalized spacial score (nSPS) is 10.4. The van der Waals surface area contributed by atoms with E-state index in [1.54, 1.807) is 12.1 Å². The Kier molecular flexibility index (Phi) is 6.22. The summed E-state index contributed by atoms with van der Waals surface area (Å²) in [4.78, 5) is 12.4. The van der Waals surface area contributed by atoms with Crippen LogP contribution >= 0.6 is 15.9 Å². The lowest BCUT2D eigenvalue weighted by molar-refractivity contribution is 0.102. The van der Waals surface area contributed by atoms with Crippen molar-refractivity contribution in [3.63, 3.8) is 0 Å². The average molecular weight is 376 g/mol. The van der Waals surface area contributed by atoms with Gasteiger partial charge >= 0.3 is 0 Å². The molecular weight excluding hydrogens is 354 g/mol. The molecule has 122 valence electrons. The number of nitrogens with one attached hydrogen (secondary N) is 1. The Morgan fingerprint density at radius 2 is 1.96 bits per heavy atom. The first-order chi connectivity index (χ1) is 11.0. The quantitative estimate of drug-likeness (QED) is 0.677. The lowest BCUT2D eigenvalue weighted by atomic mass is 10.1. The minimum absolute atomic E-state index is 0.125. The lowest BCUT2D eigenvalue weighted by Crippen LogP contribution is -2.13. The van der Waals surface area contributed by atoms with E-state index < -0.39 is 0 Å². The van der Waals surface area contributed by atoms with Crippen LogP contribution in [0, 0.1) is 13.8 Å². The Morgan fingerprint density at radius 1 is 1.17 bits per heavy atom. The summed E-state index contributed by atoms with van der Waals surface area (Å²) in [6.07, 6.45) is 2.11. The number of unbranched alkanes of at least 4 members (excludes halogenated alkanes) is 1. The molecule has 0 radical (unpaired) electrons. The van der Waals surface area contributed by atoms with E-state index in [2.05, 4.69) is 28.2 Å². The van der Waals surface area contributed by atoms with Gasteiger partial charge in [-0.3, -0.25) is 4.79 Å². The van der Waals surface area contributed by atoms with Gasteiger partial charge in [-0.25, -0.2) is 0 Å². The number of aryl methyl sites for hydroxylation is 2. The van der Waals surface area contributed by atoms with Gasteiger partial charge in [0, 0.05) is 11.3 Å². The smallest absolute Gasteiger partial charge is 0.255 e. The van der Waals surface area contributed by atoms with E-state index >= 15 is 0 Å². The molecule has 0 saturated heterocycles. The highest BCUT2D eigenvalue weighted by molar-refractivity contribution is 9.10. The van der Waals surface area contributed by atoms with Crippen molar-refractivity contribution in [2.24, 2.45) is 0 Å². The third kappa shape index (κ3) is 4.83. The van der Waals surface area contributed by atoms with Gasteiger partial charge in [0.15, 0.2) is 0 Å². The van der Waals surface area contributed by atoms with Gasteiger partial charge in [0.2, 0.25) is 0 Å². The Hall–Kier alpha value is -1.81. The molecule has 0 atom stereocenters. The maximum Gasteiger partial charge on any atom is 0.255 e. The number of hydrogen-bond donors (Lipinski definition) is 1. The Morgan fingerprint density at radius 3 is 2.65 bits per heavy atom. The van der Waals surface area contributed by atoms with E-state index in [0.717, 1.165) is 39.9 Å². The van der Waals surface area contributed by atoms with E-state index in [1.807, 2.05) is 38.1 Å². The number of benzene rings is 2. The number of amides is 1. The summed E-state index contributed by atoms with van der Waals surface area (Å²) in [6.45, 7) is 6.80. The largest absolute Gasteiger partial charge is 0.492 e. The first-order valence-corrected chi connectivity index (χ1v) is 8.61. The summed E-state index contributed by atoms with van der Waals surface area (Å²) < 4.78 is 6.48. The van der Waals surface area contributed by atoms with Crippen molar-refractivity contribution in [1.29, 1.82) is 0 Å². The zero-order valence-electron chi connectivity index (χ0n) is 13.8. The van der Waals surface area contributed by atoms with Crippen molar-refractivity contribution in [1.82, 2.24) is 0 Å². The van der Waals surface area contributed by atoms with E-state index in [9.17, 15) is 4.79 Å². The second-order valence-corrected chi connectivity index (χ2v) is 6.47. The predicted molar refractivity (Wildman–Crippen MR) is 98.4 cm³/mol. The van der Waals surface area contributed by atoms with Crippen LogP contribution in [0.3, 0.4) is 0 Å². The third-order valence-corrected chi connectivity index (χ3v) is 4.21. The monoisotopic (exact) mass is 375 g/mol. The summed E-state index contributed by atoms with van der Waals surface area (Å²) in [7, 11) is 0. The molecule has 0 aromatic heterocycles. The molecular formula is C19H22BrNO2. The second-order valence-electron chi connectivity index (χ2n) is 5.62. The highest BCUT2D eigenvalue weighted by Crippen LogP contribution is 2.27. The maximum atomic E-state index is 12.4. The summed E-state index contributed by atoms with van der Waals surface area (Å²) in [5, 5.41) is 2.97. The Bertz CT molecular complexity index is 698. The predicted octanol–water partition coefficient (Wildman–Crippen LogP) is 5.50. The summed E-state index contributed by atoms with van der Waals surface area (Å²) in [5.74, 6) is 0.640. The van der Waals surface area contributed by atoms with Crippen molar-refractivity contribution in [2.45, 2.75) is 33.6 Å². The van der Waals surface area contributed by atoms with Gasteiger partial charge in [0.05, 0.1) is 11.1 Å². The van der Waals surface area contributed by atoms with Crippen LogP contribution in [0.2, 0.25) is 0 Å². The number of halogens is 1. The van der Waals surface area contributed by atoms with Crippen LogP contribution in [0.25, 0.3) is 0 Å². The van der Waals surface area contributed by atoms with Crippen LogP contribution in [-0.4, -0.2) is 12.5 Å². The molecule has 1 N–H and O–H groups in total. The van der Waals surface area contributed by atoms with Gasteiger partial charge in [0.25, 0.3) is 5.91 Å². The second kappa shape index (κ2) is 8.16. The first-order valence-electron chi connectivity index (χ1n) is 7.82. The number of rotatable bonds is 6. The highest BCUT2D eigenvalue weighted by atomic mass is 79.9. The molecule has 2 aromatic rings. The molecule has 0 heterocycles. The maximum absolute atomic E-state index is 12.4. The van der Waals surface area contributed by atoms with E-state index in [4.69, 9.17) is 4.74 Å². The molecule has 0 fully saturated rings. The van der Waals surface area contributed by atoms with Crippen molar-refractivity contribution >= 4 is 27.5 Å². The van der Waals surface area contributed by atoms with Crippen molar-refractivity contribution < 1.29 is 9.53 Å². The molecule has 0 spiro atoms. The highest BCUT2D eigenvalue weighted by Gasteiger charge is 2.11. The first kappa shape index (κ1) is 17.5. The number of carbonyl (C=O) groups is 1. The van der Waals surface area contributed by atoms with Crippen molar-refractivity contribution in [3.05, 3.63) is 57.6 Å². The van der Waals surface area contributed by atoms with Gasteiger partial charge in [0.1, 0.15) is 5.75 Å². The van der Waals surface area contributed by atoms with Crippen LogP contribution in [-0.2, 0) is 0 Å². The van der Waals surface area contributed by atoms with Gasteiger partial charge < -0.3 is 10.1 Å². The molecule has 3 nitrogen and oxygen atoms in total. The minimum Gasteiger partial charge on any atom is -0.492 e. The van der Waals surface area contributed by atoms with Crippen molar-refractivity contribution in [3.8, 4) is 5.75 Å². The number of ether oxygens (including phenoxy) is 1. The van der Waals surface area contributed by atoms with Gasteiger partial charge in [-0.15, -0.1) is 0 Å². The van der Waals surface area contributed by atoms with Crippen LogP contribution in [0.4, 0.5) is 5.69 Å². The molecule has 4 heteroatoms. The van der Waals surface area contributed by atoms with Crippen LogP contribution in [0.1, 0.15) is 41.3 Å². The summed E-state index contributed by atoms with van der Waals surface area (Å²) in [5.41, 5.74) is 3.60. The summed E-state index contributed by atoms with van der Waals surface area (Å²) >= 11 is 3.47. The SMILES string of the molecule is CCCCOc1ccc(C(=O)Nc2cc(C)ccc2C)cc1Br. The number of carbonyl (C=O) groups excluding carboxylic acids is 1. The van der Waals surface area contributed by atoms with E-state index in [0.29, 0.717) is 12.2 Å². The van der Waals surface area contributed by atoms with Crippen LogP contribution in [0.15, 0.2) is 40.9 Å². The number of anilines is 1. The van der Waals surface area contributed by atoms with Crippen molar-refractivity contribution in [2.75, 3.05) is 11.9 Å². The molecule has 0 saturated carbocycles. The topological polar surface area (TPSA) is 38.3 Å². The zero-order chi connectivity index (χ0) is 16.8. The fourth-order valence-electron chi connectivity index (χ4n) is 2.15. The molecule has 0 aliphatic heterocycles. The standard InChI is InChI=1S/C19H22BrNO2/c1-4-5-10-23-18-9-8-15(12-16(18)20)19(22)21-17-11-13(2)6-7-14(17)3/h6-9,11-12H,4-5,10H2,1-3H3,(H,21,22). The molecule has 2 rings (SSSR count). The molecule has 23 heavy (non-hydrogen) atoms. The fourth-order valence-corrected chi connectivity index (χ4v) is 2.64. The van der Waals surface area contributed by atoms with E-state index in [1.165, 1.54) is 0 Å². The molecule has 0 unspecified atom stereocenters. The molecule has 0 aliphatic rings. The molecule has 1 amide bonds. The van der Waals surface area contributed by atoms with Gasteiger partial charge in [-0.1, -0.05) is 25.5 Å². The molecule has 0 aliphatic carbocycles. The Balaban J connectivity index is 2.10. The van der Waals surface area contributed by atoms with Gasteiger partial charge in [-0.05, 0) is 71.6 Å². The summed E-state index contributed by atoms with van der Waals surface area (Å²) in [6, 6.07) is 11.4. The molecule has 2 aromatic carbocycles. The Labute approximate surface area is 146 Å². The number of hydrogen-bond acceptors (Lipinski definition) is 2. The lowest BCUT2D eigenvalue weighted by Gasteiger charge is -2.11.